The highest BCUT2D eigenvalue weighted by atomic mass is 16.5. The van der Waals surface area contributed by atoms with Crippen molar-refractivity contribution in [3.8, 4) is 5.75 Å². The Morgan fingerprint density at radius 3 is 2.58 bits per heavy atom. The molecule has 0 saturated carbocycles. The summed E-state index contributed by atoms with van der Waals surface area (Å²) in [6.07, 6.45) is -0.557. The quantitative estimate of drug-likeness (QED) is 0.673. The number of carboxylic acid groups (broad SMARTS) is 1. The van der Waals surface area contributed by atoms with Crippen LogP contribution in [0, 0.1) is 0 Å². The molecule has 0 aliphatic heterocycles. The van der Waals surface area contributed by atoms with Crippen LogP contribution in [0.2, 0.25) is 0 Å². The number of aliphatic carboxylic acids is 1. The SMILES string of the molecule is CCc1cc(=O)oc2cc(O[C@H](C(=O)[O-])c3ccccc3)ccc12. The largest absolute Gasteiger partial charge is 0.546 e. The Morgan fingerprint density at radius 1 is 1.17 bits per heavy atom. The molecule has 24 heavy (non-hydrogen) atoms. The van der Waals surface area contributed by atoms with Crippen molar-refractivity contribution in [3.05, 3.63) is 76.1 Å². The highest BCUT2D eigenvalue weighted by Crippen LogP contribution is 2.27. The number of carboxylic acids is 1. The Labute approximate surface area is 138 Å². The van der Waals surface area contributed by atoms with Gasteiger partial charge in [0.1, 0.15) is 11.3 Å². The molecule has 5 heteroatoms. The number of rotatable bonds is 5. The fourth-order valence-electron chi connectivity index (χ4n) is 2.59. The van der Waals surface area contributed by atoms with Crippen molar-refractivity contribution in [1.29, 1.82) is 0 Å². The second-order valence-electron chi connectivity index (χ2n) is 5.33. The molecular formula is C19H15O5-. The summed E-state index contributed by atoms with van der Waals surface area (Å²) in [6.45, 7) is 1.94. The molecular weight excluding hydrogens is 308 g/mol. The topological polar surface area (TPSA) is 79.6 Å². The van der Waals surface area contributed by atoms with E-state index in [1.165, 1.54) is 12.1 Å². The summed E-state index contributed by atoms with van der Waals surface area (Å²) in [7, 11) is 0. The standard InChI is InChI=1S/C19H16O5/c1-2-12-10-17(20)24-16-11-14(8-9-15(12)16)23-18(19(21)22)13-6-4-3-5-7-13/h3-11,18H,2H2,1H3,(H,21,22)/p-1/t18-/m0/s1. The first-order valence-corrected chi connectivity index (χ1v) is 7.57. The number of ether oxygens (including phenoxy) is 1. The lowest BCUT2D eigenvalue weighted by Crippen LogP contribution is -2.33. The van der Waals surface area contributed by atoms with Gasteiger partial charge < -0.3 is 19.1 Å². The zero-order valence-corrected chi connectivity index (χ0v) is 13.0. The Kier molecular flexibility index (Phi) is 4.33. The average molecular weight is 323 g/mol. The lowest BCUT2D eigenvalue weighted by molar-refractivity contribution is -0.314. The number of benzene rings is 2. The first kappa shape index (κ1) is 15.8. The van der Waals surface area contributed by atoms with Gasteiger partial charge >= 0.3 is 5.63 Å². The van der Waals surface area contributed by atoms with Crippen molar-refractivity contribution >= 4 is 16.9 Å². The van der Waals surface area contributed by atoms with Crippen molar-refractivity contribution in [2.24, 2.45) is 0 Å². The van der Waals surface area contributed by atoms with Crippen LogP contribution < -0.4 is 15.5 Å². The molecule has 1 heterocycles. The van der Waals surface area contributed by atoms with Gasteiger partial charge in [-0.3, -0.25) is 0 Å². The van der Waals surface area contributed by atoms with Gasteiger partial charge in [-0.15, -0.1) is 0 Å². The first-order chi connectivity index (χ1) is 11.6. The number of fused-ring (bicyclic) bond motifs is 1. The highest BCUT2D eigenvalue weighted by molar-refractivity contribution is 5.81. The third-order valence-corrected chi connectivity index (χ3v) is 3.75. The van der Waals surface area contributed by atoms with Crippen molar-refractivity contribution < 1.29 is 19.1 Å². The van der Waals surface area contributed by atoms with Gasteiger partial charge in [-0.25, -0.2) is 4.79 Å². The normalized spacial score (nSPS) is 12.0. The van der Waals surface area contributed by atoms with E-state index in [1.54, 1.807) is 42.5 Å². The molecule has 3 aromatic rings. The van der Waals surface area contributed by atoms with Gasteiger partial charge in [0.05, 0.1) is 5.97 Å². The number of carbonyl (C=O) groups excluding carboxylic acids is 1. The fourth-order valence-corrected chi connectivity index (χ4v) is 2.59. The summed E-state index contributed by atoms with van der Waals surface area (Å²) < 4.78 is 10.8. The minimum atomic E-state index is -1.34. The molecule has 0 amide bonds. The molecule has 0 bridgehead atoms. The smallest absolute Gasteiger partial charge is 0.336 e. The molecule has 5 nitrogen and oxygen atoms in total. The summed E-state index contributed by atoms with van der Waals surface area (Å²) in [5.74, 6) is -1.05. The van der Waals surface area contributed by atoms with Crippen LogP contribution in [0.4, 0.5) is 0 Å². The summed E-state index contributed by atoms with van der Waals surface area (Å²) in [5.41, 5.74) is 1.26. The molecule has 0 radical (unpaired) electrons. The molecule has 0 fully saturated rings. The number of carbonyl (C=O) groups is 1. The lowest BCUT2D eigenvalue weighted by Gasteiger charge is -2.20. The maximum absolute atomic E-state index is 11.6. The molecule has 1 aromatic heterocycles. The number of hydrogen-bond acceptors (Lipinski definition) is 5. The zero-order chi connectivity index (χ0) is 17.1. The molecule has 0 aliphatic carbocycles. The van der Waals surface area contributed by atoms with Crippen molar-refractivity contribution in [2.75, 3.05) is 0 Å². The minimum absolute atomic E-state index is 0.289. The second kappa shape index (κ2) is 6.58. The van der Waals surface area contributed by atoms with Gasteiger partial charge in [-0.2, -0.15) is 0 Å². The van der Waals surface area contributed by atoms with E-state index >= 15 is 0 Å². The monoisotopic (exact) mass is 323 g/mol. The van der Waals surface area contributed by atoms with Gasteiger partial charge in [0.15, 0.2) is 6.10 Å². The molecule has 1 atom stereocenters. The lowest BCUT2D eigenvalue weighted by atomic mass is 10.1. The van der Waals surface area contributed by atoms with Gasteiger partial charge in [-0.1, -0.05) is 37.3 Å². The van der Waals surface area contributed by atoms with Gasteiger partial charge in [0, 0.05) is 17.5 Å². The van der Waals surface area contributed by atoms with E-state index in [1.807, 2.05) is 6.92 Å². The summed E-state index contributed by atoms with van der Waals surface area (Å²) >= 11 is 0. The van der Waals surface area contributed by atoms with Gasteiger partial charge in [0.25, 0.3) is 0 Å². The zero-order valence-electron chi connectivity index (χ0n) is 13.0. The molecule has 122 valence electrons. The average Bonchev–Trinajstić information content (AvgIpc) is 2.59. The maximum Gasteiger partial charge on any atom is 0.336 e. The van der Waals surface area contributed by atoms with Crippen LogP contribution in [0.25, 0.3) is 11.0 Å². The van der Waals surface area contributed by atoms with Crippen LogP contribution in [0.5, 0.6) is 5.75 Å². The fraction of sp³-hybridized carbons (Fsp3) is 0.158. The van der Waals surface area contributed by atoms with E-state index in [9.17, 15) is 14.7 Å². The predicted molar refractivity (Wildman–Crippen MR) is 86.7 cm³/mol. The minimum Gasteiger partial charge on any atom is -0.546 e. The van der Waals surface area contributed by atoms with Crippen LogP contribution in [-0.4, -0.2) is 5.97 Å². The van der Waals surface area contributed by atoms with Crippen molar-refractivity contribution in [1.82, 2.24) is 0 Å². The Bertz CT molecular complexity index is 927. The second-order valence-corrected chi connectivity index (χ2v) is 5.33. The van der Waals surface area contributed by atoms with Crippen molar-refractivity contribution in [3.63, 3.8) is 0 Å². The van der Waals surface area contributed by atoms with E-state index in [0.717, 1.165) is 10.9 Å². The molecule has 3 rings (SSSR count). The Balaban J connectivity index is 2.00. The molecule has 0 unspecified atom stereocenters. The first-order valence-electron chi connectivity index (χ1n) is 7.57. The van der Waals surface area contributed by atoms with E-state index in [2.05, 4.69) is 0 Å². The maximum atomic E-state index is 11.6. The molecule has 0 spiro atoms. The van der Waals surface area contributed by atoms with E-state index in [0.29, 0.717) is 17.6 Å². The summed E-state index contributed by atoms with van der Waals surface area (Å²) in [4.78, 5) is 23.0. The Hall–Kier alpha value is -3.08. The summed E-state index contributed by atoms with van der Waals surface area (Å²) in [6, 6.07) is 14.9. The molecule has 2 aromatic carbocycles. The van der Waals surface area contributed by atoms with E-state index in [-0.39, 0.29) is 5.75 Å². The number of aryl methyl sites for hydroxylation is 1. The van der Waals surface area contributed by atoms with Crippen LogP contribution in [-0.2, 0) is 11.2 Å². The third kappa shape index (κ3) is 3.15. The predicted octanol–water partition coefficient (Wildman–Crippen LogP) is 2.23. The summed E-state index contributed by atoms with van der Waals surface area (Å²) in [5, 5.41) is 12.2. The molecule has 0 N–H and O–H groups in total. The van der Waals surface area contributed by atoms with Crippen LogP contribution in [0.3, 0.4) is 0 Å². The highest BCUT2D eigenvalue weighted by Gasteiger charge is 2.15. The van der Waals surface area contributed by atoms with Gasteiger partial charge in [-0.05, 0) is 29.7 Å². The van der Waals surface area contributed by atoms with Crippen LogP contribution in [0.15, 0.2) is 63.8 Å². The van der Waals surface area contributed by atoms with Crippen LogP contribution in [0.1, 0.15) is 24.2 Å². The molecule has 0 aliphatic rings. The van der Waals surface area contributed by atoms with E-state index < -0.39 is 17.7 Å². The third-order valence-electron chi connectivity index (χ3n) is 3.75. The van der Waals surface area contributed by atoms with Crippen molar-refractivity contribution in [2.45, 2.75) is 19.4 Å². The van der Waals surface area contributed by atoms with Gasteiger partial charge in [0.2, 0.25) is 0 Å². The Morgan fingerprint density at radius 2 is 1.92 bits per heavy atom. The molecule has 0 saturated heterocycles. The number of hydrogen-bond donors (Lipinski definition) is 0. The van der Waals surface area contributed by atoms with Crippen LogP contribution >= 0.6 is 0 Å². The van der Waals surface area contributed by atoms with E-state index in [4.69, 9.17) is 9.15 Å².